The fourth-order valence-electron chi connectivity index (χ4n) is 11.0. The van der Waals surface area contributed by atoms with Crippen molar-refractivity contribution < 1.29 is 183 Å². The monoisotopic (exact) mass is 1450 g/mol. The van der Waals surface area contributed by atoms with Crippen molar-refractivity contribution in [2.75, 3.05) is 77.8 Å². The summed E-state index contributed by atoms with van der Waals surface area (Å²) in [6.45, 7) is 19.0. The van der Waals surface area contributed by atoms with Crippen molar-refractivity contribution in [2.45, 2.75) is 126 Å². The smallest absolute Gasteiger partial charge is 0.744 e. The predicted molar refractivity (Wildman–Crippen MR) is 346 cm³/mol. The van der Waals surface area contributed by atoms with Crippen LogP contribution in [0.3, 0.4) is 0 Å². The summed E-state index contributed by atoms with van der Waals surface area (Å²) in [6.07, 6.45) is 15.8. The van der Waals surface area contributed by atoms with Crippen molar-refractivity contribution >= 4 is 76.3 Å². The predicted octanol–water partition coefficient (Wildman–Crippen LogP) is -0.998. The van der Waals surface area contributed by atoms with Crippen LogP contribution < -0.4 is 109 Å². The molecule has 0 saturated carbocycles. The van der Waals surface area contributed by atoms with Crippen LogP contribution in [-0.4, -0.2) is 152 Å². The first-order valence-electron chi connectivity index (χ1n) is 30.4. The molecule has 2 amide bonds. The molecule has 0 aromatic heterocycles. The number of amides is 2. The van der Waals surface area contributed by atoms with Gasteiger partial charge in [-0.2, -0.15) is 24.6 Å². The molecule has 512 valence electrons. The van der Waals surface area contributed by atoms with E-state index in [1.807, 2.05) is 38.1 Å². The minimum absolute atomic E-state index is 0. The van der Waals surface area contributed by atoms with Gasteiger partial charge in [0.1, 0.15) is 44.0 Å². The van der Waals surface area contributed by atoms with E-state index in [0.717, 1.165) is 66.2 Å². The van der Waals surface area contributed by atoms with Crippen LogP contribution in [0, 0.1) is 19.9 Å². The van der Waals surface area contributed by atoms with Crippen LogP contribution in [0.1, 0.15) is 136 Å². The molecule has 0 fully saturated rings. The van der Waals surface area contributed by atoms with E-state index in [1.165, 1.54) is 49.1 Å². The van der Waals surface area contributed by atoms with Gasteiger partial charge in [0, 0.05) is 73.1 Å². The molecular formula is C66H81N4Na3O20S4. The Kier molecular flexibility index (Phi) is 39.5. The van der Waals surface area contributed by atoms with E-state index in [9.17, 15) is 40.3 Å². The number of ether oxygens (including phenoxy) is 5. The van der Waals surface area contributed by atoms with E-state index in [0.29, 0.717) is 138 Å². The summed E-state index contributed by atoms with van der Waals surface area (Å²) in [6, 6.07) is 24.1. The number of unbranched alkanes of at least 4 members (excludes halogenated alkanes) is 3. The van der Waals surface area contributed by atoms with Gasteiger partial charge in [0.15, 0.2) is 5.71 Å². The molecule has 0 radical (unpaired) electrons. The molecule has 24 nitrogen and oxygen atoms in total. The second kappa shape index (κ2) is 43.3. The average molecular weight is 1450 g/mol. The number of allylic oxidation sites excluding steroid dienone is 7. The summed E-state index contributed by atoms with van der Waals surface area (Å²) >= 11 is 0. The number of methoxy groups -OCH3 is 1. The Bertz CT molecular complexity index is 3930. The summed E-state index contributed by atoms with van der Waals surface area (Å²) in [4.78, 5) is 38.6. The molecule has 0 spiro atoms. The second-order valence-corrected chi connectivity index (χ2v) is 26.5. The Labute approximate surface area is 639 Å². The zero-order chi connectivity index (χ0) is 69.2. The van der Waals surface area contributed by atoms with E-state index in [1.54, 1.807) is 31.2 Å². The van der Waals surface area contributed by atoms with Crippen LogP contribution in [0.25, 0.3) is 0 Å². The third-order valence-electron chi connectivity index (χ3n) is 15.7. The van der Waals surface area contributed by atoms with Crippen LogP contribution in [0.4, 0.5) is 11.4 Å². The molecule has 0 unspecified atom stereocenters. The number of nitrogens with zero attached hydrogens (tertiary/aromatic N) is 2. The summed E-state index contributed by atoms with van der Waals surface area (Å²) in [5, 5.41) is 5.83. The topological polar surface area (TPSA) is 344 Å². The van der Waals surface area contributed by atoms with E-state index in [4.69, 9.17) is 48.9 Å². The number of nitrogens with one attached hydrogen (secondary N) is 2. The summed E-state index contributed by atoms with van der Waals surface area (Å²) in [5.74, 6) is 0.215. The van der Waals surface area contributed by atoms with Crippen molar-refractivity contribution in [1.29, 1.82) is 0 Å². The molecule has 2 aliphatic heterocycles. The van der Waals surface area contributed by atoms with Gasteiger partial charge in [-0.15, -0.1) is 31.3 Å². The van der Waals surface area contributed by atoms with Gasteiger partial charge in [-0.1, -0.05) is 45.8 Å². The minimum Gasteiger partial charge on any atom is -0.744 e. The number of hydrogen-bond acceptors (Lipinski definition) is 21. The van der Waals surface area contributed by atoms with E-state index in [-0.39, 0.29) is 116 Å². The summed E-state index contributed by atoms with van der Waals surface area (Å²) in [5.41, 5.74) is 8.05. The van der Waals surface area contributed by atoms with Gasteiger partial charge in [0.25, 0.3) is 5.91 Å². The van der Waals surface area contributed by atoms with Crippen LogP contribution in [-0.2, 0) is 76.0 Å². The fourth-order valence-corrected chi connectivity index (χ4v) is 12.0. The molecule has 1 aliphatic carbocycles. The van der Waals surface area contributed by atoms with Gasteiger partial charge >= 0.3 is 116 Å². The van der Waals surface area contributed by atoms with E-state index in [2.05, 4.69) is 65.2 Å². The molecule has 0 saturated heterocycles. The number of aryl methyl sites for hydroxylation is 1. The molecule has 0 atom stereocenters. The maximum atomic E-state index is 12.8. The molecule has 4 aromatic carbocycles. The first-order valence-corrected chi connectivity index (χ1v) is 35.2. The van der Waals surface area contributed by atoms with Gasteiger partial charge in [0.05, 0.1) is 48.9 Å². The van der Waals surface area contributed by atoms with Crippen LogP contribution in [0.5, 0.6) is 5.75 Å². The van der Waals surface area contributed by atoms with Gasteiger partial charge in [-0.25, -0.2) is 26.2 Å². The SMILES string of the molecule is O=S(=O)=O.O=S(=O)=O.[CH2-]CCC[N+]1=C(C=CC2=C(Oc3ccc(S(=O)(=O)[O-])cc3)C(=CC=C3N(CCCCCC(=O)NCCCOCCOCCOCCCNC(=O)c4ccc(C(=O)OC)c(C)c4)c4ccc(S(=O)(=O)[O-])cc4C3(C)C)CCC2)C(C)(C)c2c[c-]ccc21.[Na+].[Na+].[Na+]. The molecule has 4 aromatic rings. The van der Waals surface area contributed by atoms with Gasteiger partial charge in [-0.05, 0) is 153 Å². The molecular weight excluding hydrogens is 1370 g/mol. The summed E-state index contributed by atoms with van der Waals surface area (Å²) < 4.78 is 154. The maximum absolute atomic E-state index is 12.8. The Balaban J connectivity index is 0.00000275. The van der Waals surface area contributed by atoms with Crippen molar-refractivity contribution in [3.63, 3.8) is 0 Å². The van der Waals surface area contributed by atoms with Gasteiger partial charge in [-0.3, -0.25) is 9.59 Å². The Morgan fingerprint density at radius 2 is 1.30 bits per heavy atom. The normalized spacial score (nSPS) is 15.1. The van der Waals surface area contributed by atoms with Crippen molar-refractivity contribution in [2.24, 2.45) is 0 Å². The third kappa shape index (κ3) is 27.7. The second-order valence-electron chi connectivity index (χ2n) is 22.9. The quantitative estimate of drug-likeness (QED) is 0.0148. The zero-order valence-electron chi connectivity index (χ0n) is 56.6. The largest absolute Gasteiger partial charge is 1.00 e. The average Bonchev–Trinajstić information content (AvgIpc) is 1.60. The number of fused-ring (bicyclic) bond motifs is 2. The van der Waals surface area contributed by atoms with Crippen molar-refractivity contribution in [1.82, 2.24) is 10.6 Å². The molecule has 97 heavy (non-hydrogen) atoms. The first-order chi connectivity index (χ1) is 44.5. The van der Waals surface area contributed by atoms with E-state index >= 15 is 0 Å². The minimum atomic E-state index is -4.76. The number of anilines is 1. The Morgan fingerprint density at radius 1 is 0.701 bits per heavy atom. The molecule has 2 heterocycles. The fraction of sp³-hybridized carbons (Fsp3) is 0.439. The van der Waals surface area contributed by atoms with Gasteiger partial charge in [0.2, 0.25) is 5.91 Å². The van der Waals surface area contributed by atoms with E-state index < -0.39 is 52.8 Å². The molecule has 7 rings (SSSR count). The number of hydrogen-bond donors (Lipinski definition) is 2. The number of rotatable bonds is 32. The zero-order valence-corrected chi connectivity index (χ0v) is 65.8. The molecule has 3 aliphatic rings. The van der Waals surface area contributed by atoms with Crippen LogP contribution in [0.15, 0.2) is 136 Å². The first kappa shape index (κ1) is 88.5. The number of carbonyl (C=O) groups is 3. The Morgan fingerprint density at radius 3 is 1.89 bits per heavy atom. The van der Waals surface area contributed by atoms with Crippen molar-refractivity contribution in [3.05, 3.63) is 167 Å². The molecule has 0 bridgehead atoms. The number of benzene rings is 4. The maximum Gasteiger partial charge on any atom is 1.00 e. The summed E-state index contributed by atoms with van der Waals surface area (Å²) in [7, 11) is -14.4. The Hall–Kier alpha value is -4.54. The number of carbonyl (C=O) groups excluding carboxylic acids is 3. The number of esters is 1. The standard InChI is InChI=1S/C66H83N4O14S2.3Na.2O3S/c1-8-9-37-69-57-21-13-12-20-55(57)65(3,4)59(69)33-24-48-18-15-19-49(62(48)84-51-26-28-52(29-27-51)85(74,75)76)25-34-60-66(5,6)56-46-53(86(77,78)79)30-32-58(56)70(60)38-14-10-11-22-61(71)67-35-16-39-81-41-43-83-44-42-82-40-17-36-68-63(72)50-23-31-54(47(2)45-50)64(73)80-7;;;;2*1-4(2)3/h13,20-21,23-34,45-46H,1,8-11,14-19,22,35-44H2,2-7H3,(H,67,71)(H,68,72)(H,74,75,76)(H,77,78,79);;;;;/q-1;3*+1;;/p-2. The van der Waals surface area contributed by atoms with Crippen LogP contribution in [0.2, 0.25) is 0 Å². The molecule has 2 N–H and O–H groups in total. The third-order valence-corrected chi connectivity index (χ3v) is 17.4. The van der Waals surface area contributed by atoms with Crippen molar-refractivity contribution in [3.8, 4) is 5.75 Å². The van der Waals surface area contributed by atoms with Gasteiger partial charge < -0.3 is 55.2 Å². The van der Waals surface area contributed by atoms with Crippen LogP contribution >= 0.6 is 0 Å². The molecule has 31 heteroatoms.